The molecule has 0 saturated carbocycles. The van der Waals surface area contributed by atoms with Gasteiger partial charge in [-0.25, -0.2) is 0 Å². The van der Waals surface area contributed by atoms with Crippen LogP contribution in [0.2, 0.25) is 0 Å². The number of hydrogen-bond donors (Lipinski definition) is 0. The third-order valence-electron chi connectivity index (χ3n) is 0. The summed E-state index contributed by atoms with van der Waals surface area (Å²) in [5.74, 6) is 0. The van der Waals surface area contributed by atoms with Crippen LogP contribution in [0.1, 0.15) is 0 Å². The minimum Gasteiger partial charge on any atom is 0 e. The van der Waals surface area contributed by atoms with Crippen LogP contribution in [-0.4, -0.2) is 17.4 Å². The molecule has 0 N–H and O–H groups in total. The molecule has 2 radical (unpaired) electrons. The smallest absolute Gasteiger partial charge is 0 e. The Kier molecular flexibility index (Phi) is 112. The van der Waals surface area contributed by atoms with Gasteiger partial charge in [-0.15, -0.1) is 0 Å². The molecule has 0 nitrogen and oxygen atoms in total. The van der Waals surface area contributed by atoms with E-state index in [0.29, 0.717) is 0 Å². The van der Waals surface area contributed by atoms with E-state index in [1.54, 1.807) is 0 Å². The molecule has 0 rings (SSSR count). The zero-order chi connectivity index (χ0) is 0. The molecular formula is H3AgAlCuNd. The molecule has 0 spiro atoms. The van der Waals surface area contributed by atoms with Gasteiger partial charge >= 0.3 is 0 Å². The molecule has 0 atom stereocenters. The Morgan fingerprint density at radius 2 is 1.00 bits per heavy atom. The maximum Gasteiger partial charge on any atom is 0.187 e. The maximum atomic E-state index is 0. The summed E-state index contributed by atoms with van der Waals surface area (Å²) in [6.45, 7) is 0. The van der Waals surface area contributed by atoms with Crippen LogP contribution in [0.15, 0.2) is 0 Å². The van der Waals surface area contributed by atoms with Crippen molar-refractivity contribution in [3.05, 3.63) is 0 Å². The van der Waals surface area contributed by atoms with Crippen molar-refractivity contribution in [3.8, 4) is 0 Å². The summed E-state index contributed by atoms with van der Waals surface area (Å²) in [4.78, 5) is 0. The summed E-state index contributed by atoms with van der Waals surface area (Å²) in [6.07, 6.45) is 0. The van der Waals surface area contributed by atoms with Crippen molar-refractivity contribution in [1.82, 2.24) is 0 Å². The zero-order valence-corrected chi connectivity index (χ0v) is 6.74. The van der Waals surface area contributed by atoms with Gasteiger partial charge in [0.25, 0.3) is 0 Å². The molecule has 0 aliphatic carbocycles. The van der Waals surface area contributed by atoms with Crippen LogP contribution < -0.4 is 0 Å². The molecule has 0 bridgehead atoms. The molecule has 4 heteroatoms. The number of hydrogen-bond acceptors (Lipinski definition) is 0. The van der Waals surface area contributed by atoms with E-state index in [2.05, 4.69) is 0 Å². The fourth-order valence-corrected chi connectivity index (χ4v) is 0. The van der Waals surface area contributed by atoms with Crippen LogP contribution in [0.4, 0.5) is 0 Å². The van der Waals surface area contributed by atoms with Crippen molar-refractivity contribution in [2.75, 3.05) is 0 Å². The first-order valence-corrected chi connectivity index (χ1v) is 0. The minimum absolute atomic E-state index is 0. The summed E-state index contributed by atoms with van der Waals surface area (Å²) in [5.41, 5.74) is 0. The topological polar surface area (TPSA) is 0 Å². The van der Waals surface area contributed by atoms with Crippen LogP contribution in [0, 0.1) is 40.8 Å². The normalized spacial score (nSPS) is 0. The van der Waals surface area contributed by atoms with Gasteiger partial charge in [-0.05, 0) is 0 Å². The van der Waals surface area contributed by atoms with E-state index in [-0.39, 0.29) is 97.6 Å². The summed E-state index contributed by atoms with van der Waals surface area (Å²) in [7, 11) is 0. The van der Waals surface area contributed by atoms with Gasteiger partial charge in [-0.2, -0.15) is 0 Å². The average Bonchev–Trinajstić information content (AvgIpc) is 0. The van der Waals surface area contributed by atoms with Gasteiger partial charge < -0.3 is 0 Å². The Morgan fingerprint density at radius 1 is 1.00 bits per heavy atom. The summed E-state index contributed by atoms with van der Waals surface area (Å²) in [6, 6.07) is 0. The van der Waals surface area contributed by atoms with E-state index in [4.69, 9.17) is 0 Å². The van der Waals surface area contributed by atoms with Crippen molar-refractivity contribution in [2.45, 2.75) is 0 Å². The first-order chi connectivity index (χ1) is 0. The maximum absolute atomic E-state index is 0. The van der Waals surface area contributed by atoms with E-state index in [0.717, 1.165) is 0 Å². The van der Waals surface area contributed by atoms with Gasteiger partial charge in [0.1, 0.15) is 0 Å². The summed E-state index contributed by atoms with van der Waals surface area (Å²) in [5, 5.41) is 0. The van der Waals surface area contributed by atoms with Gasteiger partial charge in [0.2, 0.25) is 0 Å². The van der Waals surface area contributed by atoms with Crippen molar-refractivity contribution < 1.29 is 80.3 Å². The standard InChI is InChI=1S/Ag.Al.Cu.Nd.3H. The fraction of sp³-hybridized carbons (Fsp3) is 0. The van der Waals surface area contributed by atoms with Crippen molar-refractivity contribution >= 4 is 17.4 Å². The molecule has 0 saturated heterocycles. The monoisotopic (exact) mass is 342 g/mol. The molecule has 0 heterocycles. The van der Waals surface area contributed by atoms with Gasteiger partial charge in [-0.3, -0.25) is 0 Å². The molecule has 4 heavy (non-hydrogen) atoms. The molecule has 0 aromatic heterocycles. The molecule has 32 valence electrons. The van der Waals surface area contributed by atoms with Crippen molar-refractivity contribution in [2.24, 2.45) is 0 Å². The zero-order valence-electron chi connectivity index (χ0n) is 1.10. The molecule has 0 unspecified atom stereocenters. The minimum atomic E-state index is 0. The predicted molar refractivity (Wildman–Crippen MR) is 9.94 cm³/mol. The largest absolute Gasteiger partial charge is 0.187 e. The first kappa shape index (κ1) is 27.3. The summed E-state index contributed by atoms with van der Waals surface area (Å²) < 4.78 is 0. The van der Waals surface area contributed by atoms with Gasteiger partial charge in [0.05, 0.1) is 0 Å². The number of rotatable bonds is 0. The Labute approximate surface area is 95.5 Å². The molecule has 0 aliphatic heterocycles. The van der Waals surface area contributed by atoms with E-state index in [1.165, 1.54) is 0 Å². The van der Waals surface area contributed by atoms with Gasteiger partial charge in [-0.1, -0.05) is 0 Å². The average molecular weight is 346 g/mol. The van der Waals surface area contributed by atoms with Crippen LogP contribution in [0.5, 0.6) is 0 Å². The summed E-state index contributed by atoms with van der Waals surface area (Å²) >= 11 is 0. The Hall–Kier alpha value is 3.14. The van der Waals surface area contributed by atoms with E-state index < -0.39 is 0 Å². The first-order valence-electron chi connectivity index (χ1n) is 0. The van der Waals surface area contributed by atoms with Crippen molar-refractivity contribution in [1.29, 1.82) is 0 Å². The quantitative estimate of drug-likeness (QED) is 0.485. The van der Waals surface area contributed by atoms with E-state index in [9.17, 15) is 0 Å². The SMILES string of the molecule is [Ag].[AlH3].[Cu].[Nd]. The van der Waals surface area contributed by atoms with E-state index in [1.807, 2.05) is 0 Å². The second-order valence-corrected chi connectivity index (χ2v) is 0. The van der Waals surface area contributed by atoms with Crippen LogP contribution in [0.3, 0.4) is 0 Å². The predicted octanol–water partition coefficient (Wildman–Crippen LogP) is -1.19. The van der Waals surface area contributed by atoms with Crippen molar-refractivity contribution in [3.63, 3.8) is 0 Å². The third kappa shape index (κ3) is 8.94. The molecule has 0 aromatic carbocycles. The Bertz CT molecular complexity index is 8.00. The molecule has 0 aliphatic rings. The Balaban J connectivity index is 0. The fourth-order valence-electron chi connectivity index (χ4n) is 0. The second kappa shape index (κ2) is 16.4. The Morgan fingerprint density at radius 3 is 1.00 bits per heavy atom. The molecule has 0 fully saturated rings. The van der Waals surface area contributed by atoms with Gasteiger partial charge in [0, 0.05) is 80.3 Å². The van der Waals surface area contributed by atoms with E-state index >= 15 is 0 Å². The van der Waals surface area contributed by atoms with Gasteiger partial charge in [0.15, 0.2) is 17.4 Å². The molecule has 0 amide bonds. The second-order valence-electron chi connectivity index (χ2n) is 0. The molecule has 0 aromatic rings. The van der Waals surface area contributed by atoms with Crippen LogP contribution in [0.25, 0.3) is 0 Å². The van der Waals surface area contributed by atoms with Crippen LogP contribution in [-0.2, 0) is 39.4 Å². The van der Waals surface area contributed by atoms with Crippen LogP contribution >= 0.6 is 0 Å². The molecular weight excluding hydrogens is 343 g/mol. The third-order valence-corrected chi connectivity index (χ3v) is 0.